The molecular weight excluding hydrogens is 448 g/mol. The van der Waals surface area contributed by atoms with Crippen LogP contribution in [0.5, 0.6) is 0 Å². The van der Waals surface area contributed by atoms with Gasteiger partial charge in [0.25, 0.3) is 0 Å². The van der Waals surface area contributed by atoms with Gasteiger partial charge < -0.3 is 4.42 Å². The molecule has 5 heteroatoms. The first-order valence-electron chi connectivity index (χ1n) is 9.14. The standard InChI is InChI=1S/C24H13BrO3S/c25-15-9-10-18-20-12-14(8-11-22(20)29(26,27)23(18)13-15)16-5-3-6-19-17-4-1-2-7-21(17)28-24(16)19/h1-13H. The molecule has 3 nitrogen and oxygen atoms in total. The van der Waals surface area contributed by atoms with E-state index in [0.29, 0.717) is 9.79 Å². The van der Waals surface area contributed by atoms with E-state index in [1.54, 1.807) is 12.1 Å². The van der Waals surface area contributed by atoms with Gasteiger partial charge in [-0.25, -0.2) is 8.42 Å². The van der Waals surface area contributed by atoms with Crippen molar-refractivity contribution in [3.05, 3.63) is 83.3 Å². The lowest BCUT2D eigenvalue weighted by molar-refractivity contribution is 0.598. The van der Waals surface area contributed by atoms with Gasteiger partial charge in [0.2, 0.25) is 9.84 Å². The molecule has 1 aromatic heterocycles. The normalized spacial score (nSPS) is 14.2. The lowest BCUT2D eigenvalue weighted by atomic mass is 9.98. The first-order chi connectivity index (χ1) is 14.0. The van der Waals surface area contributed by atoms with E-state index in [-0.39, 0.29) is 0 Å². The summed E-state index contributed by atoms with van der Waals surface area (Å²) < 4.78 is 32.8. The molecule has 0 fully saturated rings. The predicted octanol–water partition coefficient (Wildman–Crippen LogP) is 6.83. The Labute approximate surface area is 175 Å². The minimum atomic E-state index is -3.50. The van der Waals surface area contributed by atoms with Crippen LogP contribution >= 0.6 is 15.9 Å². The summed E-state index contributed by atoms with van der Waals surface area (Å²) in [6.07, 6.45) is 0. The Morgan fingerprint density at radius 3 is 2.41 bits per heavy atom. The fourth-order valence-electron chi connectivity index (χ4n) is 4.18. The van der Waals surface area contributed by atoms with Crippen molar-refractivity contribution in [3.63, 3.8) is 0 Å². The van der Waals surface area contributed by atoms with E-state index in [1.807, 2.05) is 60.7 Å². The van der Waals surface area contributed by atoms with Crippen molar-refractivity contribution < 1.29 is 12.8 Å². The Kier molecular flexibility index (Phi) is 3.41. The van der Waals surface area contributed by atoms with E-state index in [9.17, 15) is 8.42 Å². The second-order valence-corrected chi connectivity index (χ2v) is 9.94. The molecular formula is C24H13BrO3S. The predicted molar refractivity (Wildman–Crippen MR) is 118 cm³/mol. The van der Waals surface area contributed by atoms with Crippen molar-refractivity contribution in [2.45, 2.75) is 9.79 Å². The Balaban J connectivity index is 1.64. The Morgan fingerprint density at radius 1 is 0.690 bits per heavy atom. The lowest BCUT2D eigenvalue weighted by Crippen LogP contribution is -1.96. The molecule has 4 aromatic carbocycles. The molecule has 0 unspecified atom stereocenters. The molecule has 5 aromatic rings. The third-order valence-electron chi connectivity index (χ3n) is 5.51. The van der Waals surface area contributed by atoms with E-state index >= 15 is 0 Å². The topological polar surface area (TPSA) is 47.3 Å². The quantitative estimate of drug-likeness (QED) is 0.270. The van der Waals surface area contributed by atoms with E-state index in [0.717, 1.165) is 48.7 Å². The van der Waals surface area contributed by atoms with E-state index in [2.05, 4.69) is 22.0 Å². The van der Waals surface area contributed by atoms with Crippen molar-refractivity contribution in [2.24, 2.45) is 0 Å². The average Bonchev–Trinajstić information content (AvgIpc) is 3.21. The monoisotopic (exact) mass is 460 g/mol. The Hall–Kier alpha value is -2.89. The van der Waals surface area contributed by atoms with Crippen LogP contribution in [0, 0.1) is 0 Å². The molecule has 0 saturated carbocycles. The SMILES string of the molecule is O=S1(=O)c2ccc(-c3cccc4c3oc3ccccc34)cc2-c2ccc(Br)cc21. The molecule has 1 aliphatic rings. The average molecular weight is 461 g/mol. The van der Waals surface area contributed by atoms with Gasteiger partial charge in [-0.2, -0.15) is 0 Å². The zero-order chi connectivity index (χ0) is 19.8. The van der Waals surface area contributed by atoms with Crippen LogP contribution in [0.2, 0.25) is 0 Å². The van der Waals surface area contributed by atoms with Crippen molar-refractivity contribution in [2.75, 3.05) is 0 Å². The second-order valence-electron chi connectivity index (χ2n) is 7.14. The van der Waals surface area contributed by atoms with Gasteiger partial charge in [0.1, 0.15) is 11.2 Å². The maximum absolute atomic E-state index is 13.0. The molecule has 0 radical (unpaired) electrons. The van der Waals surface area contributed by atoms with Gasteiger partial charge in [0.05, 0.1) is 9.79 Å². The smallest absolute Gasteiger partial charge is 0.207 e. The first-order valence-corrected chi connectivity index (χ1v) is 11.4. The Morgan fingerprint density at radius 2 is 1.52 bits per heavy atom. The molecule has 0 atom stereocenters. The molecule has 0 saturated heterocycles. The third kappa shape index (κ3) is 2.32. The first kappa shape index (κ1) is 17.0. The Bertz CT molecular complexity index is 1580. The molecule has 0 aliphatic carbocycles. The van der Waals surface area contributed by atoms with E-state index in [4.69, 9.17) is 4.42 Å². The fourth-order valence-corrected chi connectivity index (χ4v) is 6.38. The fraction of sp³-hybridized carbons (Fsp3) is 0. The lowest BCUT2D eigenvalue weighted by Gasteiger charge is -2.06. The number of sulfone groups is 1. The molecule has 29 heavy (non-hydrogen) atoms. The highest BCUT2D eigenvalue weighted by atomic mass is 79.9. The van der Waals surface area contributed by atoms with Crippen LogP contribution in [0.3, 0.4) is 0 Å². The highest BCUT2D eigenvalue weighted by Gasteiger charge is 2.33. The van der Waals surface area contributed by atoms with Crippen LogP contribution in [0.25, 0.3) is 44.2 Å². The van der Waals surface area contributed by atoms with Crippen LogP contribution in [0.1, 0.15) is 0 Å². The van der Waals surface area contributed by atoms with Gasteiger partial charge >= 0.3 is 0 Å². The number of rotatable bonds is 1. The number of para-hydroxylation sites is 2. The molecule has 6 rings (SSSR count). The van der Waals surface area contributed by atoms with Gasteiger partial charge in [-0.1, -0.05) is 64.5 Å². The molecule has 0 spiro atoms. The zero-order valence-corrected chi connectivity index (χ0v) is 17.4. The van der Waals surface area contributed by atoms with Gasteiger partial charge in [0, 0.05) is 31.9 Å². The van der Waals surface area contributed by atoms with Gasteiger partial charge in [0.15, 0.2) is 0 Å². The summed E-state index contributed by atoms with van der Waals surface area (Å²) in [4.78, 5) is 0.701. The molecule has 2 heterocycles. The number of benzene rings is 4. The third-order valence-corrected chi connectivity index (χ3v) is 7.85. The summed E-state index contributed by atoms with van der Waals surface area (Å²) >= 11 is 3.38. The number of fused-ring (bicyclic) bond motifs is 6. The number of hydrogen-bond acceptors (Lipinski definition) is 3. The van der Waals surface area contributed by atoms with Crippen LogP contribution in [0.15, 0.2) is 97.5 Å². The van der Waals surface area contributed by atoms with E-state index < -0.39 is 9.84 Å². The molecule has 140 valence electrons. The largest absolute Gasteiger partial charge is 0.455 e. The zero-order valence-electron chi connectivity index (χ0n) is 15.0. The summed E-state index contributed by atoms with van der Waals surface area (Å²) in [6.45, 7) is 0. The van der Waals surface area contributed by atoms with Crippen LogP contribution in [-0.2, 0) is 9.84 Å². The number of hydrogen-bond donors (Lipinski definition) is 0. The molecule has 0 bridgehead atoms. The van der Waals surface area contributed by atoms with Crippen molar-refractivity contribution in [3.8, 4) is 22.3 Å². The highest BCUT2D eigenvalue weighted by Crippen LogP contribution is 2.46. The summed E-state index contributed by atoms with van der Waals surface area (Å²) in [7, 11) is -3.50. The summed E-state index contributed by atoms with van der Waals surface area (Å²) in [6, 6.07) is 25.0. The summed E-state index contributed by atoms with van der Waals surface area (Å²) in [5.74, 6) is 0. The highest BCUT2D eigenvalue weighted by molar-refractivity contribution is 9.10. The van der Waals surface area contributed by atoms with Crippen LogP contribution < -0.4 is 0 Å². The minimum absolute atomic E-state index is 0.348. The van der Waals surface area contributed by atoms with Gasteiger partial charge in [-0.3, -0.25) is 0 Å². The summed E-state index contributed by atoms with van der Waals surface area (Å²) in [5, 5.41) is 2.12. The molecule has 0 N–H and O–H groups in total. The van der Waals surface area contributed by atoms with Crippen molar-refractivity contribution in [1.82, 2.24) is 0 Å². The maximum Gasteiger partial charge on any atom is 0.207 e. The molecule has 1 aliphatic heterocycles. The second kappa shape index (κ2) is 5.81. The minimum Gasteiger partial charge on any atom is -0.455 e. The van der Waals surface area contributed by atoms with Gasteiger partial charge in [-0.05, 0) is 35.9 Å². The number of halogens is 1. The number of furan rings is 1. The van der Waals surface area contributed by atoms with Crippen molar-refractivity contribution in [1.29, 1.82) is 0 Å². The van der Waals surface area contributed by atoms with Crippen LogP contribution in [-0.4, -0.2) is 8.42 Å². The molecule has 0 amide bonds. The van der Waals surface area contributed by atoms with E-state index in [1.165, 1.54) is 0 Å². The van der Waals surface area contributed by atoms with Crippen molar-refractivity contribution >= 4 is 47.7 Å². The van der Waals surface area contributed by atoms with Gasteiger partial charge in [-0.15, -0.1) is 0 Å². The maximum atomic E-state index is 13.0. The summed E-state index contributed by atoms with van der Waals surface area (Å²) in [5.41, 5.74) is 5.00. The van der Waals surface area contributed by atoms with Crippen LogP contribution in [0.4, 0.5) is 0 Å².